The summed E-state index contributed by atoms with van der Waals surface area (Å²) in [6.07, 6.45) is 2.64. The molecule has 1 N–H and O–H groups in total. The first-order valence-electron chi connectivity index (χ1n) is 5.99. The molecule has 1 heterocycles. The van der Waals surface area contributed by atoms with Gasteiger partial charge in [-0.25, -0.2) is 9.66 Å². The highest BCUT2D eigenvalue weighted by Crippen LogP contribution is 2.18. The van der Waals surface area contributed by atoms with E-state index in [1.807, 2.05) is 30.3 Å². The molecular weight excluding hydrogens is 240 g/mol. The van der Waals surface area contributed by atoms with E-state index in [9.17, 15) is 4.79 Å². The van der Waals surface area contributed by atoms with Gasteiger partial charge in [-0.1, -0.05) is 30.3 Å². The average Bonchev–Trinajstić information content (AvgIpc) is 2.80. The third-order valence-corrected chi connectivity index (χ3v) is 2.59. The molecule has 2 rings (SSSR count). The molecule has 5 nitrogen and oxygen atoms in total. The molecule has 0 atom stereocenters. The maximum atomic E-state index is 11.2. The van der Waals surface area contributed by atoms with Gasteiger partial charge in [0.15, 0.2) is 0 Å². The van der Waals surface area contributed by atoms with Gasteiger partial charge in [0.2, 0.25) is 5.91 Å². The minimum Gasteiger partial charge on any atom is -0.274 e. The third-order valence-electron chi connectivity index (χ3n) is 2.59. The Balaban J connectivity index is 2.34. The van der Waals surface area contributed by atoms with E-state index in [2.05, 4.69) is 16.5 Å². The Labute approximate surface area is 111 Å². The fourth-order valence-corrected chi connectivity index (χ4v) is 1.78. The molecule has 1 amide bonds. The molecular formula is C14H14N4O. The zero-order valence-corrected chi connectivity index (χ0v) is 10.6. The van der Waals surface area contributed by atoms with Crippen LogP contribution in [0.25, 0.3) is 11.3 Å². The maximum Gasteiger partial charge on any atom is 0.235 e. The predicted octanol–water partition coefficient (Wildman–Crippen LogP) is 2.10. The fourth-order valence-electron chi connectivity index (χ4n) is 1.78. The van der Waals surface area contributed by atoms with Gasteiger partial charge in [-0.2, -0.15) is 5.26 Å². The van der Waals surface area contributed by atoms with Gasteiger partial charge in [0.05, 0.1) is 18.0 Å². The first-order chi connectivity index (χ1) is 9.20. The molecule has 5 heteroatoms. The standard InChI is InChI=1S/C14H14N4O/c1-11(19)17-18-10-13(12-6-3-2-4-7-12)16-14(18)8-5-9-15/h2-4,6-7,10H,5,8H2,1H3,(H,17,19). The summed E-state index contributed by atoms with van der Waals surface area (Å²) in [6, 6.07) is 11.8. The smallest absolute Gasteiger partial charge is 0.235 e. The van der Waals surface area contributed by atoms with Crippen LogP contribution in [0.3, 0.4) is 0 Å². The van der Waals surface area contributed by atoms with Crippen LogP contribution in [0.5, 0.6) is 0 Å². The highest BCUT2D eigenvalue weighted by atomic mass is 16.2. The molecule has 0 unspecified atom stereocenters. The largest absolute Gasteiger partial charge is 0.274 e. The summed E-state index contributed by atoms with van der Waals surface area (Å²) in [5.41, 5.74) is 4.43. The molecule has 1 aromatic heterocycles. The van der Waals surface area contributed by atoms with E-state index in [4.69, 9.17) is 5.26 Å². The molecule has 0 aliphatic rings. The van der Waals surface area contributed by atoms with Crippen molar-refractivity contribution in [3.8, 4) is 17.3 Å². The summed E-state index contributed by atoms with van der Waals surface area (Å²) in [5.74, 6) is 0.505. The van der Waals surface area contributed by atoms with Gasteiger partial charge in [-0.15, -0.1) is 0 Å². The van der Waals surface area contributed by atoms with Gasteiger partial charge >= 0.3 is 0 Å². The van der Waals surface area contributed by atoms with Crippen molar-refractivity contribution < 1.29 is 4.79 Å². The minimum absolute atomic E-state index is 0.171. The lowest BCUT2D eigenvalue weighted by molar-refractivity contribution is -0.115. The first-order valence-corrected chi connectivity index (χ1v) is 5.99. The molecule has 0 bridgehead atoms. The number of nitrogens with one attached hydrogen (secondary N) is 1. The van der Waals surface area contributed by atoms with E-state index in [-0.39, 0.29) is 5.91 Å². The molecule has 96 valence electrons. The highest BCUT2D eigenvalue weighted by molar-refractivity contribution is 5.81. The van der Waals surface area contributed by atoms with Crippen molar-refractivity contribution in [2.75, 3.05) is 5.43 Å². The molecule has 0 saturated heterocycles. The summed E-state index contributed by atoms with van der Waals surface area (Å²) in [7, 11) is 0. The molecule has 1 aromatic carbocycles. The number of amides is 1. The zero-order chi connectivity index (χ0) is 13.7. The molecule has 0 fully saturated rings. The lowest BCUT2D eigenvalue weighted by Gasteiger charge is -2.05. The Morgan fingerprint density at radius 2 is 2.16 bits per heavy atom. The van der Waals surface area contributed by atoms with E-state index < -0.39 is 0 Å². The number of hydrogen-bond acceptors (Lipinski definition) is 3. The highest BCUT2D eigenvalue weighted by Gasteiger charge is 2.10. The lowest BCUT2D eigenvalue weighted by atomic mass is 10.2. The van der Waals surface area contributed by atoms with Gasteiger partial charge in [0.25, 0.3) is 0 Å². The zero-order valence-electron chi connectivity index (χ0n) is 10.6. The Hall–Kier alpha value is -2.61. The average molecular weight is 254 g/mol. The van der Waals surface area contributed by atoms with Crippen LogP contribution in [0, 0.1) is 11.3 Å². The number of aryl methyl sites for hydroxylation is 1. The summed E-state index contributed by atoms with van der Waals surface area (Å²) in [6.45, 7) is 1.44. The van der Waals surface area contributed by atoms with Gasteiger partial charge in [-0.3, -0.25) is 10.2 Å². The third kappa shape index (κ3) is 3.19. The van der Waals surface area contributed by atoms with Gasteiger partial charge < -0.3 is 0 Å². The fraction of sp³-hybridized carbons (Fsp3) is 0.214. The Kier molecular flexibility index (Phi) is 3.94. The number of aromatic nitrogens is 2. The van der Waals surface area contributed by atoms with E-state index >= 15 is 0 Å². The molecule has 0 radical (unpaired) electrons. The lowest BCUT2D eigenvalue weighted by Crippen LogP contribution is -2.21. The summed E-state index contributed by atoms with van der Waals surface area (Å²) in [5, 5.41) is 8.65. The molecule has 0 spiro atoms. The molecule has 0 aliphatic heterocycles. The molecule has 0 saturated carbocycles. The number of nitrogens with zero attached hydrogens (tertiary/aromatic N) is 3. The quantitative estimate of drug-likeness (QED) is 0.908. The van der Waals surface area contributed by atoms with Crippen LogP contribution in [-0.4, -0.2) is 15.6 Å². The normalized spacial score (nSPS) is 9.89. The van der Waals surface area contributed by atoms with E-state index in [1.165, 1.54) is 6.92 Å². The molecule has 19 heavy (non-hydrogen) atoms. The van der Waals surface area contributed by atoms with Crippen molar-refractivity contribution >= 4 is 5.91 Å². The van der Waals surface area contributed by atoms with Crippen LogP contribution in [0.4, 0.5) is 0 Å². The number of benzene rings is 1. The second-order valence-corrected chi connectivity index (χ2v) is 4.10. The first kappa shape index (κ1) is 12.8. The minimum atomic E-state index is -0.171. The Morgan fingerprint density at radius 1 is 1.42 bits per heavy atom. The summed E-state index contributed by atoms with van der Waals surface area (Å²) in [4.78, 5) is 15.6. The van der Waals surface area contributed by atoms with Crippen LogP contribution in [0.2, 0.25) is 0 Å². The van der Waals surface area contributed by atoms with E-state index in [0.717, 1.165) is 11.3 Å². The second kappa shape index (κ2) is 5.83. The molecule has 2 aromatic rings. The van der Waals surface area contributed by atoms with Crippen molar-refractivity contribution in [2.24, 2.45) is 0 Å². The Bertz CT molecular complexity index is 610. The Morgan fingerprint density at radius 3 is 2.79 bits per heavy atom. The van der Waals surface area contributed by atoms with Gasteiger partial charge in [-0.05, 0) is 0 Å². The number of imidazole rings is 1. The topological polar surface area (TPSA) is 70.7 Å². The van der Waals surface area contributed by atoms with Gasteiger partial charge in [0, 0.05) is 25.3 Å². The van der Waals surface area contributed by atoms with Crippen LogP contribution < -0.4 is 5.43 Å². The van der Waals surface area contributed by atoms with E-state index in [1.54, 1.807) is 10.9 Å². The number of carbonyl (C=O) groups is 1. The maximum absolute atomic E-state index is 11.2. The van der Waals surface area contributed by atoms with Crippen LogP contribution >= 0.6 is 0 Å². The van der Waals surface area contributed by atoms with Gasteiger partial charge in [0.1, 0.15) is 5.82 Å². The number of rotatable bonds is 4. The van der Waals surface area contributed by atoms with Crippen LogP contribution in [0.1, 0.15) is 19.2 Å². The van der Waals surface area contributed by atoms with E-state index in [0.29, 0.717) is 18.7 Å². The number of carbonyl (C=O) groups excluding carboxylic acids is 1. The van der Waals surface area contributed by atoms with Crippen molar-refractivity contribution in [1.29, 1.82) is 5.26 Å². The van der Waals surface area contributed by atoms with Crippen LogP contribution in [0.15, 0.2) is 36.5 Å². The van der Waals surface area contributed by atoms with Crippen molar-refractivity contribution in [3.63, 3.8) is 0 Å². The van der Waals surface area contributed by atoms with Crippen molar-refractivity contribution in [3.05, 3.63) is 42.4 Å². The monoisotopic (exact) mass is 254 g/mol. The summed E-state index contributed by atoms with van der Waals surface area (Å²) >= 11 is 0. The van der Waals surface area contributed by atoms with Crippen LogP contribution in [-0.2, 0) is 11.2 Å². The second-order valence-electron chi connectivity index (χ2n) is 4.10. The molecule has 0 aliphatic carbocycles. The predicted molar refractivity (Wildman–Crippen MR) is 71.6 cm³/mol. The van der Waals surface area contributed by atoms with Crippen molar-refractivity contribution in [1.82, 2.24) is 9.66 Å². The van der Waals surface area contributed by atoms with Crippen molar-refractivity contribution in [2.45, 2.75) is 19.8 Å². The SMILES string of the molecule is CC(=O)Nn1cc(-c2ccccc2)nc1CCC#N. The number of hydrogen-bond donors (Lipinski definition) is 1. The summed E-state index contributed by atoms with van der Waals surface area (Å²) < 4.78 is 1.59. The number of nitriles is 1.